The van der Waals surface area contributed by atoms with Gasteiger partial charge in [-0.2, -0.15) is 0 Å². The quantitative estimate of drug-likeness (QED) is 0.839. The van der Waals surface area contributed by atoms with E-state index in [4.69, 9.17) is 5.11 Å². The number of phenols is 1. The number of aromatic hydroxyl groups is 1. The topological polar surface area (TPSA) is 57.5 Å². The summed E-state index contributed by atoms with van der Waals surface area (Å²) in [5.74, 6) is -1.83. The Hall–Kier alpha value is -1.65. The Morgan fingerprint density at radius 3 is 2.38 bits per heavy atom. The second kappa shape index (κ2) is 4.08. The third-order valence-corrected chi connectivity index (χ3v) is 2.51. The van der Waals surface area contributed by atoms with Gasteiger partial charge in [0.1, 0.15) is 5.75 Å². The van der Waals surface area contributed by atoms with Crippen LogP contribution in [0.1, 0.15) is 31.4 Å². The third-order valence-electron chi connectivity index (χ3n) is 2.51. The van der Waals surface area contributed by atoms with Crippen LogP contribution in [0.15, 0.2) is 18.2 Å². The molecule has 0 spiro atoms. The van der Waals surface area contributed by atoms with E-state index < -0.39 is 29.1 Å². The molecule has 0 fully saturated rings. The molecule has 1 aromatic carbocycles. The number of aliphatic carboxylic acids is 1. The summed E-state index contributed by atoms with van der Waals surface area (Å²) in [5.41, 5.74) is -1.97. The Kier molecular flexibility index (Phi) is 3.16. The molecule has 1 rings (SSSR count). The summed E-state index contributed by atoms with van der Waals surface area (Å²) in [5, 5.41) is 18.6. The summed E-state index contributed by atoms with van der Waals surface area (Å²) in [6, 6.07) is 3.71. The normalized spacial score (nSPS) is 11.8. The molecule has 0 radical (unpaired) electrons. The van der Waals surface area contributed by atoms with Crippen molar-refractivity contribution in [2.45, 2.75) is 25.7 Å². The van der Waals surface area contributed by atoms with Crippen LogP contribution in [0, 0.1) is 0 Å². The number of hydrogen-bond acceptors (Lipinski definition) is 2. The lowest BCUT2D eigenvalue weighted by Gasteiger charge is -2.22. The number of rotatable bonds is 3. The van der Waals surface area contributed by atoms with Crippen LogP contribution in [0.4, 0.5) is 8.78 Å². The molecule has 0 atom stereocenters. The summed E-state index contributed by atoms with van der Waals surface area (Å²) in [6.45, 7) is 2.69. The van der Waals surface area contributed by atoms with E-state index in [-0.39, 0.29) is 5.56 Å². The number of carboxylic acids is 1. The highest BCUT2D eigenvalue weighted by Crippen LogP contribution is 2.37. The highest BCUT2D eigenvalue weighted by atomic mass is 19.3. The van der Waals surface area contributed by atoms with Crippen LogP contribution in [0.5, 0.6) is 5.75 Å². The Labute approximate surface area is 91.3 Å². The molecule has 0 aliphatic heterocycles. The van der Waals surface area contributed by atoms with Gasteiger partial charge in [-0.05, 0) is 19.9 Å². The predicted molar refractivity (Wildman–Crippen MR) is 53.7 cm³/mol. The molecule has 2 N–H and O–H groups in total. The number of para-hydroxylation sites is 1. The Morgan fingerprint density at radius 2 is 1.94 bits per heavy atom. The summed E-state index contributed by atoms with van der Waals surface area (Å²) < 4.78 is 25.0. The fourth-order valence-electron chi connectivity index (χ4n) is 1.36. The zero-order valence-electron chi connectivity index (χ0n) is 8.87. The SMILES string of the molecule is CC(C)(C(=O)O)c1cccc(C(F)F)c1O. The molecule has 1 aromatic rings. The van der Waals surface area contributed by atoms with Crippen molar-refractivity contribution >= 4 is 5.97 Å². The molecule has 88 valence electrons. The van der Waals surface area contributed by atoms with E-state index >= 15 is 0 Å². The maximum atomic E-state index is 12.5. The average molecular weight is 230 g/mol. The van der Waals surface area contributed by atoms with Crippen LogP contribution in [-0.4, -0.2) is 16.2 Å². The van der Waals surface area contributed by atoms with Gasteiger partial charge in [0, 0.05) is 5.56 Å². The highest BCUT2D eigenvalue weighted by molar-refractivity contribution is 5.81. The largest absolute Gasteiger partial charge is 0.507 e. The Morgan fingerprint density at radius 1 is 1.38 bits per heavy atom. The molecule has 0 unspecified atom stereocenters. The summed E-state index contributed by atoms with van der Waals surface area (Å²) >= 11 is 0. The van der Waals surface area contributed by atoms with Crippen molar-refractivity contribution in [3.63, 3.8) is 0 Å². The second-order valence-electron chi connectivity index (χ2n) is 3.97. The van der Waals surface area contributed by atoms with Gasteiger partial charge in [0.05, 0.1) is 11.0 Å². The summed E-state index contributed by atoms with van der Waals surface area (Å²) in [7, 11) is 0. The van der Waals surface area contributed by atoms with Gasteiger partial charge in [-0.3, -0.25) is 4.79 Å². The fraction of sp³-hybridized carbons (Fsp3) is 0.364. The molecule has 0 saturated heterocycles. The lowest BCUT2D eigenvalue weighted by atomic mass is 9.83. The third kappa shape index (κ3) is 1.98. The first-order valence-corrected chi connectivity index (χ1v) is 4.62. The van der Waals surface area contributed by atoms with E-state index in [2.05, 4.69) is 0 Å². The van der Waals surface area contributed by atoms with Crippen molar-refractivity contribution in [1.29, 1.82) is 0 Å². The molecule has 0 saturated carbocycles. The predicted octanol–water partition coefficient (Wildman–Crippen LogP) is 2.69. The Balaban J connectivity index is 3.36. The van der Waals surface area contributed by atoms with Crippen LogP contribution in [0.25, 0.3) is 0 Å². The Bertz CT molecular complexity index is 414. The first-order chi connectivity index (χ1) is 7.28. The first kappa shape index (κ1) is 12.4. The van der Waals surface area contributed by atoms with Crippen molar-refractivity contribution in [1.82, 2.24) is 0 Å². The summed E-state index contributed by atoms with van der Waals surface area (Å²) in [6.07, 6.45) is -2.83. The van der Waals surface area contributed by atoms with E-state index in [0.29, 0.717) is 0 Å². The molecule has 3 nitrogen and oxygen atoms in total. The van der Waals surface area contributed by atoms with Gasteiger partial charge in [-0.1, -0.05) is 12.1 Å². The van der Waals surface area contributed by atoms with Gasteiger partial charge in [0.15, 0.2) is 0 Å². The molecule has 5 heteroatoms. The average Bonchev–Trinajstić information content (AvgIpc) is 2.16. The maximum absolute atomic E-state index is 12.5. The zero-order chi connectivity index (χ0) is 12.5. The van der Waals surface area contributed by atoms with Crippen molar-refractivity contribution in [3.05, 3.63) is 29.3 Å². The van der Waals surface area contributed by atoms with Crippen molar-refractivity contribution in [2.75, 3.05) is 0 Å². The van der Waals surface area contributed by atoms with E-state index in [0.717, 1.165) is 6.07 Å². The van der Waals surface area contributed by atoms with Gasteiger partial charge in [0.25, 0.3) is 6.43 Å². The number of phenolic OH excluding ortho intramolecular Hbond substituents is 1. The lowest BCUT2D eigenvalue weighted by molar-refractivity contribution is -0.142. The smallest absolute Gasteiger partial charge is 0.313 e. The number of hydrogen-bond donors (Lipinski definition) is 2. The van der Waals surface area contributed by atoms with Crippen LogP contribution >= 0.6 is 0 Å². The van der Waals surface area contributed by atoms with Gasteiger partial charge in [-0.15, -0.1) is 0 Å². The number of carboxylic acid groups (broad SMARTS) is 1. The van der Waals surface area contributed by atoms with Gasteiger partial charge in [0.2, 0.25) is 0 Å². The number of carbonyl (C=O) groups is 1. The lowest BCUT2D eigenvalue weighted by Crippen LogP contribution is -2.28. The standard InChI is InChI=1S/C11H12F2O3/c1-11(2,10(15)16)7-5-3-4-6(8(7)14)9(12)13/h3-5,9,14H,1-2H3,(H,15,16). The molecular formula is C11H12F2O3. The zero-order valence-corrected chi connectivity index (χ0v) is 8.87. The van der Waals surface area contributed by atoms with E-state index in [1.165, 1.54) is 26.0 Å². The highest BCUT2D eigenvalue weighted by Gasteiger charge is 2.33. The minimum Gasteiger partial charge on any atom is -0.507 e. The maximum Gasteiger partial charge on any atom is 0.313 e. The van der Waals surface area contributed by atoms with Crippen LogP contribution in [-0.2, 0) is 10.2 Å². The van der Waals surface area contributed by atoms with Gasteiger partial charge >= 0.3 is 5.97 Å². The van der Waals surface area contributed by atoms with Crippen LogP contribution in [0.2, 0.25) is 0 Å². The van der Waals surface area contributed by atoms with Crippen LogP contribution < -0.4 is 0 Å². The van der Waals surface area contributed by atoms with Gasteiger partial charge in [-0.25, -0.2) is 8.78 Å². The molecule has 0 aliphatic carbocycles. The van der Waals surface area contributed by atoms with E-state index in [1.54, 1.807) is 0 Å². The first-order valence-electron chi connectivity index (χ1n) is 4.62. The van der Waals surface area contributed by atoms with Crippen molar-refractivity contribution in [2.24, 2.45) is 0 Å². The molecular weight excluding hydrogens is 218 g/mol. The second-order valence-corrected chi connectivity index (χ2v) is 3.97. The molecule has 0 aromatic heterocycles. The molecule has 0 heterocycles. The number of benzene rings is 1. The summed E-state index contributed by atoms with van der Waals surface area (Å²) in [4.78, 5) is 11.0. The minimum atomic E-state index is -2.83. The number of alkyl halides is 2. The van der Waals surface area contributed by atoms with Crippen molar-refractivity contribution in [3.8, 4) is 5.75 Å². The molecule has 16 heavy (non-hydrogen) atoms. The van der Waals surface area contributed by atoms with E-state index in [9.17, 15) is 18.7 Å². The minimum absolute atomic E-state index is 0.0159. The fourth-order valence-corrected chi connectivity index (χ4v) is 1.36. The van der Waals surface area contributed by atoms with Crippen molar-refractivity contribution < 1.29 is 23.8 Å². The molecule has 0 aliphatic rings. The van der Waals surface area contributed by atoms with E-state index in [1.807, 2.05) is 0 Å². The molecule has 0 bridgehead atoms. The van der Waals surface area contributed by atoms with Gasteiger partial charge < -0.3 is 10.2 Å². The van der Waals surface area contributed by atoms with Crippen LogP contribution in [0.3, 0.4) is 0 Å². The monoisotopic (exact) mass is 230 g/mol. The molecule has 0 amide bonds. The number of halogens is 2.